The molecule has 27 heavy (non-hydrogen) atoms. The van der Waals surface area contributed by atoms with Crippen LogP contribution in [0.25, 0.3) is 0 Å². The van der Waals surface area contributed by atoms with Crippen molar-refractivity contribution in [2.75, 3.05) is 42.0 Å². The van der Waals surface area contributed by atoms with E-state index in [1.165, 1.54) is 25.7 Å². The van der Waals surface area contributed by atoms with E-state index in [1.807, 2.05) is 26.2 Å². The van der Waals surface area contributed by atoms with Crippen LogP contribution < -0.4 is 19.5 Å². The van der Waals surface area contributed by atoms with Gasteiger partial charge < -0.3 is 24.4 Å². The molecule has 1 aromatic rings. The number of carbonyl (C=O) groups is 1. The van der Waals surface area contributed by atoms with Crippen molar-refractivity contribution in [1.29, 1.82) is 0 Å². The summed E-state index contributed by atoms with van der Waals surface area (Å²) in [6.45, 7) is 2.58. The van der Waals surface area contributed by atoms with Gasteiger partial charge in [-0.25, -0.2) is 0 Å². The monoisotopic (exact) mass is 378 g/mol. The van der Waals surface area contributed by atoms with Gasteiger partial charge in [-0.1, -0.05) is 19.8 Å². The molecule has 1 N–H and O–H groups in total. The molecule has 6 heteroatoms. The Balaban J connectivity index is 2.16. The Kier molecular flexibility index (Phi) is 7.78. The summed E-state index contributed by atoms with van der Waals surface area (Å²) >= 11 is 0. The first-order valence-corrected chi connectivity index (χ1v) is 9.66. The molecule has 1 aliphatic rings. The van der Waals surface area contributed by atoms with Crippen molar-refractivity contribution in [3.8, 4) is 17.2 Å². The predicted octanol–water partition coefficient (Wildman–Crippen LogP) is 3.26. The average molecular weight is 379 g/mol. The number of likely N-dealkylation sites (N-methyl/N-ethyl adjacent to an activating group) is 1. The Morgan fingerprint density at radius 1 is 1.11 bits per heavy atom. The molecular formula is C21H34N2O4. The molecule has 2 atom stereocenters. The Bertz CT molecular complexity index is 602. The molecule has 2 rings (SSSR count). The largest absolute Gasteiger partial charge is 0.493 e. The third-order valence-corrected chi connectivity index (χ3v) is 5.69. The zero-order valence-corrected chi connectivity index (χ0v) is 17.5. The second-order valence-corrected chi connectivity index (χ2v) is 7.52. The minimum absolute atomic E-state index is 0.00145. The molecule has 0 spiro atoms. The molecule has 1 aromatic carbocycles. The molecule has 1 amide bonds. The fraction of sp³-hybridized carbons (Fsp3) is 0.667. The number of methoxy groups -OCH3 is 3. The predicted molar refractivity (Wildman–Crippen MR) is 107 cm³/mol. The van der Waals surface area contributed by atoms with Gasteiger partial charge in [0.1, 0.15) is 0 Å². The first-order chi connectivity index (χ1) is 12.9. The molecule has 0 bridgehead atoms. The van der Waals surface area contributed by atoms with Crippen molar-refractivity contribution in [2.24, 2.45) is 11.8 Å². The maximum absolute atomic E-state index is 12.6. The van der Waals surface area contributed by atoms with Crippen LogP contribution in [0.5, 0.6) is 17.2 Å². The highest BCUT2D eigenvalue weighted by Gasteiger charge is 2.28. The zero-order valence-electron chi connectivity index (χ0n) is 17.5. The number of ether oxygens (including phenoxy) is 3. The van der Waals surface area contributed by atoms with Gasteiger partial charge in [0.05, 0.1) is 27.4 Å². The molecule has 0 radical (unpaired) electrons. The summed E-state index contributed by atoms with van der Waals surface area (Å²) in [5.41, 5.74) is 1.00. The van der Waals surface area contributed by atoms with E-state index >= 15 is 0 Å². The first-order valence-electron chi connectivity index (χ1n) is 9.66. The van der Waals surface area contributed by atoms with Crippen LogP contribution in [0.4, 0.5) is 0 Å². The van der Waals surface area contributed by atoms with Crippen LogP contribution in [0.3, 0.4) is 0 Å². The van der Waals surface area contributed by atoms with E-state index in [0.717, 1.165) is 5.56 Å². The Morgan fingerprint density at radius 3 is 2.11 bits per heavy atom. The topological polar surface area (TPSA) is 60.0 Å². The molecule has 1 saturated carbocycles. The molecule has 1 aliphatic carbocycles. The maximum Gasteiger partial charge on any atom is 0.223 e. The second kappa shape index (κ2) is 9.83. The number of benzene rings is 1. The van der Waals surface area contributed by atoms with Crippen molar-refractivity contribution < 1.29 is 19.0 Å². The maximum atomic E-state index is 12.6. The Labute approximate surface area is 163 Å². The van der Waals surface area contributed by atoms with E-state index < -0.39 is 0 Å². The van der Waals surface area contributed by atoms with Gasteiger partial charge in [-0.05, 0) is 50.6 Å². The molecule has 152 valence electrons. The smallest absolute Gasteiger partial charge is 0.223 e. The third kappa shape index (κ3) is 5.06. The van der Waals surface area contributed by atoms with Crippen molar-refractivity contribution in [1.82, 2.24) is 10.2 Å². The second-order valence-electron chi connectivity index (χ2n) is 7.52. The fourth-order valence-electron chi connectivity index (χ4n) is 3.92. The van der Waals surface area contributed by atoms with E-state index in [1.54, 1.807) is 21.3 Å². The van der Waals surface area contributed by atoms with Gasteiger partial charge in [-0.3, -0.25) is 4.79 Å². The van der Waals surface area contributed by atoms with E-state index in [0.29, 0.717) is 29.7 Å². The molecule has 0 heterocycles. The van der Waals surface area contributed by atoms with E-state index in [-0.39, 0.29) is 17.9 Å². The summed E-state index contributed by atoms with van der Waals surface area (Å²) in [4.78, 5) is 14.7. The lowest BCUT2D eigenvalue weighted by atomic mass is 9.92. The van der Waals surface area contributed by atoms with Crippen LogP contribution in [0, 0.1) is 11.8 Å². The van der Waals surface area contributed by atoms with Gasteiger partial charge in [-0.15, -0.1) is 0 Å². The van der Waals surface area contributed by atoms with Crippen LogP contribution in [0.1, 0.15) is 44.2 Å². The Morgan fingerprint density at radius 2 is 1.67 bits per heavy atom. The van der Waals surface area contributed by atoms with Crippen molar-refractivity contribution in [2.45, 2.75) is 38.6 Å². The van der Waals surface area contributed by atoms with Crippen LogP contribution in [0.2, 0.25) is 0 Å². The lowest BCUT2D eigenvalue weighted by molar-refractivity contribution is -0.126. The molecule has 6 nitrogen and oxygen atoms in total. The normalized spacial score (nSPS) is 16.9. The minimum Gasteiger partial charge on any atom is -0.493 e. The van der Waals surface area contributed by atoms with Crippen LogP contribution >= 0.6 is 0 Å². The highest BCUT2D eigenvalue weighted by molar-refractivity contribution is 5.78. The number of nitrogens with one attached hydrogen (secondary N) is 1. The van der Waals surface area contributed by atoms with Gasteiger partial charge in [0.15, 0.2) is 11.5 Å². The van der Waals surface area contributed by atoms with E-state index in [4.69, 9.17) is 14.2 Å². The first kappa shape index (κ1) is 21.4. The third-order valence-electron chi connectivity index (χ3n) is 5.69. The van der Waals surface area contributed by atoms with Gasteiger partial charge in [0.2, 0.25) is 11.7 Å². The standard InChI is InChI=1S/C21H34N2O4/c1-14(15-9-7-8-10-15)21(24)22-13-17(23(2)3)16-11-18(25-4)20(27-6)19(12-16)26-5/h11-12,14-15,17H,7-10,13H2,1-6H3,(H,22,24). The lowest BCUT2D eigenvalue weighted by Crippen LogP contribution is -2.38. The molecule has 0 aliphatic heterocycles. The molecular weight excluding hydrogens is 344 g/mol. The Hall–Kier alpha value is -1.95. The van der Waals surface area contributed by atoms with E-state index in [2.05, 4.69) is 17.1 Å². The highest BCUT2D eigenvalue weighted by atomic mass is 16.5. The lowest BCUT2D eigenvalue weighted by Gasteiger charge is -2.27. The minimum atomic E-state index is -0.00145. The number of hydrogen-bond acceptors (Lipinski definition) is 5. The highest BCUT2D eigenvalue weighted by Crippen LogP contribution is 2.40. The average Bonchev–Trinajstić information content (AvgIpc) is 3.20. The number of carbonyl (C=O) groups excluding carboxylic acids is 1. The summed E-state index contributed by atoms with van der Waals surface area (Å²) in [5.74, 6) is 2.52. The van der Waals surface area contributed by atoms with Crippen molar-refractivity contribution >= 4 is 5.91 Å². The fourth-order valence-corrected chi connectivity index (χ4v) is 3.92. The molecule has 0 saturated heterocycles. The molecule has 1 fully saturated rings. The van der Waals surface area contributed by atoms with E-state index in [9.17, 15) is 4.79 Å². The summed E-state index contributed by atoms with van der Waals surface area (Å²) in [7, 11) is 8.81. The van der Waals surface area contributed by atoms with Gasteiger partial charge in [0.25, 0.3) is 0 Å². The summed E-state index contributed by atoms with van der Waals surface area (Å²) in [6, 6.07) is 3.88. The van der Waals surface area contributed by atoms with Crippen LogP contribution in [-0.4, -0.2) is 52.8 Å². The molecule has 2 unspecified atom stereocenters. The number of nitrogens with zero attached hydrogens (tertiary/aromatic N) is 1. The van der Waals surface area contributed by atoms with Gasteiger partial charge in [0, 0.05) is 12.5 Å². The number of amides is 1. The molecule has 0 aromatic heterocycles. The quantitative estimate of drug-likeness (QED) is 0.715. The SMILES string of the molecule is COc1cc(C(CNC(=O)C(C)C2CCCC2)N(C)C)cc(OC)c1OC. The zero-order chi connectivity index (χ0) is 20.0. The summed E-state index contributed by atoms with van der Waals surface area (Å²) in [5, 5.41) is 3.15. The van der Waals surface area contributed by atoms with Crippen molar-refractivity contribution in [3.05, 3.63) is 17.7 Å². The van der Waals surface area contributed by atoms with Crippen molar-refractivity contribution in [3.63, 3.8) is 0 Å². The van der Waals surface area contributed by atoms with Gasteiger partial charge in [-0.2, -0.15) is 0 Å². The summed E-state index contributed by atoms with van der Waals surface area (Å²) in [6.07, 6.45) is 4.82. The van der Waals surface area contributed by atoms with Gasteiger partial charge >= 0.3 is 0 Å². The van der Waals surface area contributed by atoms with Crippen LogP contribution in [-0.2, 0) is 4.79 Å². The summed E-state index contributed by atoms with van der Waals surface area (Å²) < 4.78 is 16.3. The number of hydrogen-bond donors (Lipinski definition) is 1. The van der Waals surface area contributed by atoms with Crippen LogP contribution in [0.15, 0.2) is 12.1 Å². The number of rotatable bonds is 9.